The van der Waals surface area contributed by atoms with Gasteiger partial charge in [-0.25, -0.2) is 0 Å². The van der Waals surface area contributed by atoms with Crippen molar-refractivity contribution in [2.45, 2.75) is 6.18 Å². The van der Waals surface area contributed by atoms with Gasteiger partial charge in [0.25, 0.3) is 5.69 Å². The molecule has 1 amide bonds. The van der Waals surface area contributed by atoms with Gasteiger partial charge in [-0.1, -0.05) is 23.5 Å². The van der Waals surface area contributed by atoms with E-state index in [0.29, 0.717) is 5.56 Å². The number of carbonyl (C=O) groups is 1. The lowest BCUT2D eigenvalue weighted by molar-refractivity contribution is -0.384. The molecule has 120 valence electrons. The molecule has 7 nitrogen and oxygen atoms in total. The molecule has 0 aliphatic heterocycles. The Bertz CT molecular complexity index is 773. The summed E-state index contributed by atoms with van der Waals surface area (Å²) in [5, 5.41) is 17.4. The third-order valence-electron chi connectivity index (χ3n) is 2.41. The Balaban J connectivity index is 2.03. The van der Waals surface area contributed by atoms with Crippen LogP contribution in [0.25, 0.3) is 6.08 Å². The number of halogens is 3. The number of anilines is 1. The minimum Gasteiger partial charge on any atom is -0.297 e. The number of carbonyl (C=O) groups excluding carboxylic acids is 1. The number of nitrogens with zero attached hydrogens (tertiary/aromatic N) is 3. The molecule has 0 bridgehead atoms. The number of aromatic nitrogens is 2. The van der Waals surface area contributed by atoms with Crippen LogP contribution in [0.1, 0.15) is 10.6 Å². The minimum absolute atomic E-state index is 0.147. The van der Waals surface area contributed by atoms with Crippen molar-refractivity contribution < 1.29 is 22.9 Å². The van der Waals surface area contributed by atoms with Crippen LogP contribution >= 0.6 is 11.3 Å². The molecule has 0 aliphatic rings. The summed E-state index contributed by atoms with van der Waals surface area (Å²) in [7, 11) is 0. The van der Waals surface area contributed by atoms with Crippen LogP contribution in [-0.4, -0.2) is 21.0 Å². The Morgan fingerprint density at radius 1 is 1.35 bits per heavy atom. The fourth-order valence-corrected chi connectivity index (χ4v) is 2.06. The van der Waals surface area contributed by atoms with Crippen molar-refractivity contribution >= 4 is 34.1 Å². The van der Waals surface area contributed by atoms with Gasteiger partial charge in [0.15, 0.2) is 0 Å². The van der Waals surface area contributed by atoms with Gasteiger partial charge in [-0.05, 0) is 11.6 Å². The standard InChI is InChI=1S/C12H7F3N4O3S/c13-12(14,15)10-17-18-11(23-10)16-9(20)5-4-7-2-1-3-8(6-7)19(21)22/h1-6H,(H,16,18,20). The van der Waals surface area contributed by atoms with Crippen LogP contribution < -0.4 is 5.32 Å². The predicted octanol–water partition coefficient (Wildman–Crippen LogP) is 3.12. The predicted molar refractivity (Wildman–Crippen MR) is 75.7 cm³/mol. The first-order valence-electron chi connectivity index (χ1n) is 5.90. The number of non-ortho nitro benzene ring substituents is 1. The van der Waals surface area contributed by atoms with Crippen molar-refractivity contribution in [3.05, 3.63) is 51.0 Å². The van der Waals surface area contributed by atoms with Crippen LogP contribution in [0.5, 0.6) is 0 Å². The van der Waals surface area contributed by atoms with E-state index < -0.39 is 22.0 Å². The molecule has 2 aromatic rings. The first kappa shape index (κ1) is 16.5. The average molecular weight is 344 g/mol. The molecule has 1 aromatic carbocycles. The minimum atomic E-state index is -4.63. The summed E-state index contributed by atoms with van der Waals surface area (Å²) in [6.07, 6.45) is -2.32. The topological polar surface area (TPSA) is 98.0 Å². The molecule has 1 N–H and O–H groups in total. The third kappa shape index (κ3) is 4.57. The van der Waals surface area contributed by atoms with Crippen molar-refractivity contribution in [2.75, 3.05) is 5.32 Å². The number of amides is 1. The van der Waals surface area contributed by atoms with Gasteiger partial charge in [-0.3, -0.25) is 20.2 Å². The van der Waals surface area contributed by atoms with Gasteiger partial charge < -0.3 is 0 Å². The Kier molecular flexibility index (Phi) is 4.69. The van der Waals surface area contributed by atoms with E-state index in [1.54, 1.807) is 0 Å². The van der Waals surface area contributed by atoms with E-state index in [4.69, 9.17) is 0 Å². The van der Waals surface area contributed by atoms with Crippen molar-refractivity contribution in [1.29, 1.82) is 0 Å². The molecule has 1 heterocycles. The fourth-order valence-electron chi connectivity index (χ4n) is 1.45. The molecule has 0 saturated carbocycles. The highest BCUT2D eigenvalue weighted by Crippen LogP contribution is 2.32. The van der Waals surface area contributed by atoms with Crippen molar-refractivity contribution in [2.24, 2.45) is 0 Å². The van der Waals surface area contributed by atoms with Gasteiger partial charge in [0.05, 0.1) is 4.92 Å². The Morgan fingerprint density at radius 2 is 2.09 bits per heavy atom. The SMILES string of the molecule is O=C(C=Cc1cccc([N+](=O)[O-])c1)Nc1nnc(C(F)(F)F)s1. The smallest absolute Gasteiger partial charge is 0.297 e. The van der Waals surface area contributed by atoms with Crippen molar-refractivity contribution in [3.8, 4) is 0 Å². The van der Waals surface area contributed by atoms with Gasteiger partial charge in [0, 0.05) is 18.2 Å². The molecule has 0 saturated heterocycles. The normalized spacial score (nSPS) is 11.6. The Morgan fingerprint density at radius 3 is 2.70 bits per heavy atom. The van der Waals surface area contributed by atoms with E-state index in [1.807, 2.05) is 0 Å². The van der Waals surface area contributed by atoms with E-state index in [1.165, 1.54) is 30.3 Å². The van der Waals surface area contributed by atoms with Gasteiger partial charge >= 0.3 is 6.18 Å². The summed E-state index contributed by atoms with van der Waals surface area (Å²) >= 11 is 0.194. The van der Waals surface area contributed by atoms with Crippen LogP contribution in [0, 0.1) is 10.1 Å². The molecule has 23 heavy (non-hydrogen) atoms. The van der Waals surface area contributed by atoms with Crippen LogP contribution in [0.3, 0.4) is 0 Å². The zero-order valence-corrected chi connectivity index (χ0v) is 11.9. The van der Waals surface area contributed by atoms with Gasteiger partial charge in [-0.2, -0.15) is 13.2 Å². The van der Waals surface area contributed by atoms with E-state index >= 15 is 0 Å². The zero-order chi connectivity index (χ0) is 17.0. The van der Waals surface area contributed by atoms with Crippen LogP contribution in [0.15, 0.2) is 30.3 Å². The molecule has 0 unspecified atom stereocenters. The van der Waals surface area contributed by atoms with E-state index in [9.17, 15) is 28.1 Å². The number of nitro groups is 1. The highest BCUT2D eigenvalue weighted by molar-refractivity contribution is 7.15. The number of benzene rings is 1. The number of hydrogen-bond acceptors (Lipinski definition) is 6. The maximum atomic E-state index is 12.3. The first-order valence-corrected chi connectivity index (χ1v) is 6.71. The van der Waals surface area contributed by atoms with Crippen molar-refractivity contribution in [1.82, 2.24) is 10.2 Å². The summed E-state index contributed by atoms with van der Waals surface area (Å²) in [5.74, 6) is -0.735. The molecule has 0 fully saturated rings. The molecule has 2 rings (SSSR count). The lowest BCUT2D eigenvalue weighted by Gasteiger charge is -1.98. The number of nitrogens with one attached hydrogen (secondary N) is 1. The van der Waals surface area contributed by atoms with Crippen LogP contribution in [-0.2, 0) is 11.0 Å². The lowest BCUT2D eigenvalue weighted by atomic mass is 10.2. The quantitative estimate of drug-likeness (QED) is 0.522. The largest absolute Gasteiger partial charge is 0.445 e. The number of rotatable bonds is 4. The summed E-state index contributed by atoms with van der Waals surface area (Å²) in [5.41, 5.74) is 0.245. The highest BCUT2D eigenvalue weighted by Gasteiger charge is 2.35. The fraction of sp³-hybridized carbons (Fsp3) is 0.0833. The monoisotopic (exact) mass is 344 g/mol. The number of hydrogen-bond donors (Lipinski definition) is 1. The molecular weight excluding hydrogens is 337 g/mol. The maximum absolute atomic E-state index is 12.3. The van der Waals surface area contributed by atoms with Crippen LogP contribution in [0.2, 0.25) is 0 Å². The average Bonchev–Trinajstić information content (AvgIpc) is 2.94. The second kappa shape index (κ2) is 6.52. The molecule has 11 heteroatoms. The molecule has 0 aliphatic carbocycles. The van der Waals surface area contributed by atoms with Gasteiger partial charge in [0.1, 0.15) is 0 Å². The van der Waals surface area contributed by atoms with E-state index in [0.717, 1.165) is 6.08 Å². The lowest BCUT2D eigenvalue weighted by Crippen LogP contribution is -2.07. The first-order chi connectivity index (χ1) is 10.8. The molecule has 0 radical (unpaired) electrons. The second-order valence-electron chi connectivity index (χ2n) is 4.08. The summed E-state index contributed by atoms with van der Waals surface area (Å²) < 4.78 is 37.0. The molecule has 0 spiro atoms. The maximum Gasteiger partial charge on any atom is 0.445 e. The van der Waals surface area contributed by atoms with Gasteiger partial charge in [-0.15, -0.1) is 10.2 Å². The molecule has 0 atom stereocenters. The highest BCUT2D eigenvalue weighted by atomic mass is 32.1. The molecular formula is C12H7F3N4O3S. The molecule has 1 aromatic heterocycles. The summed E-state index contributed by atoms with van der Waals surface area (Å²) in [6.45, 7) is 0. The van der Waals surface area contributed by atoms with Crippen LogP contribution in [0.4, 0.5) is 24.0 Å². The van der Waals surface area contributed by atoms with Crippen molar-refractivity contribution in [3.63, 3.8) is 0 Å². The van der Waals surface area contributed by atoms with Gasteiger partial charge in [0.2, 0.25) is 16.0 Å². The Hall–Kier alpha value is -2.82. The Labute approximate surface area is 130 Å². The second-order valence-corrected chi connectivity index (χ2v) is 5.06. The third-order valence-corrected chi connectivity index (χ3v) is 3.29. The van der Waals surface area contributed by atoms with E-state index in [-0.39, 0.29) is 22.2 Å². The van der Waals surface area contributed by atoms with E-state index in [2.05, 4.69) is 15.5 Å². The number of nitro benzene ring substituents is 1. The summed E-state index contributed by atoms with van der Waals surface area (Å²) in [4.78, 5) is 21.6. The number of alkyl halides is 3. The summed E-state index contributed by atoms with van der Waals surface area (Å²) in [6, 6.07) is 5.51. The zero-order valence-electron chi connectivity index (χ0n) is 11.1.